The minimum Gasteiger partial charge on any atom is -0.463 e. The van der Waals surface area contributed by atoms with E-state index in [0.717, 1.165) is 28.9 Å². The lowest BCUT2D eigenvalue weighted by atomic mass is 10.1. The number of aromatic amines is 1. The lowest BCUT2D eigenvalue weighted by Crippen LogP contribution is -1.86. The van der Waals surface area contributed by atoms with Crippen LogP contribution in [0.1, 0.15) is 18.2 Å². The van der Waals surface area contributed by atoms with Crippen LogP contribution in [0.2, 0.25) is 0 Å². The molecule has 0 saturated heterocycles. The molecule has 0 saturated carbocycles. The number of rotatable bonds is 3. The van der Waals surface area contributed by atoms with Gasteiger partial charge in [-0.15, -0.1) is 0 Å². The van der Waals surface area contributed by atoms with Crippen LogP contribution < -0.4 is 0 Å². The minimum absolute atomic E-state index is 0.794. The number of furan rings is 1. The highest BCUT2D eigenvalue weighted by Gasteiger charge is 2.14. The number of H-pyrrole nitrogens is 1. The number of hydrogen-bond acceptors (Lipinski definition) is 2. The molecule has 2 heterocycles. The van der Waals surface area contributed by atoms with Crippen LogP contribution in [0, 0.1) is 0 Å². The fourth-order valence-electron chi connectivity index (χ4n) is 1.45. The first-order chi connectivity index (χ1) is 6.86. The summed E-state index contributed by atoms with van der Waals surface area (Å²) in [5.74, 6) is 0.815. The molecule has 74 valence electrons. The molecule has 4 heteroatoms. The molecule has 3 nitrogen and oxygen atoms in total. The zero-order chi connectivity index (χ0) is 9.97. The molecule has 0 radical (unpaired) electrons. The molecule has 0 spiro atoms. The maximum atomic E-state index is 5.32. The van der Waals surface area contributed by atoms with Crippen molar-refractivity contribution in [3.63, 3.8) is 0 Å². The van der Waals surface area contributed by atoms with Crippen LogP contribution in [0.3, 0.4) is 0 Å². The number of hydrogen-bond donors (Lipinski definition) is 1. The minimum atomic E-state index is 0.794. The normalized spacial score (nSPS) is 10.7. The SMILES string of the molecule is CCc1[nH]nc(-c2ccco2)c1CBr. The van der Waals surface area contributed by atoms with Gasteiger partial charge in [-0.2, -0.15) is 5.10 Å². The summed E-state index contributed by atoms with van der Waals surface area (Å²) >= 11 is 3.46. The van der Waals surface area contributed by atoms with Gasteiger partial charge >= 0.3 is 0 Å². The van der Waals surface area contributed by atoms with Crippen molar-refractivity contribution >= 4 is 15.9 Å². The van der Waals surface area contributed by atoms with Crippen LogP contribution in [-0.2, 0) is 11.8 Å². The molecule has 1 N–H and O–H groups in total. The van der Waals surface area contributed by atoms with E-state index in [2.05, 4.69) is 33.1 Å². The standard InChI is InChI=1S/C10H11BrN2O/c1-2-8-7(6-11)10(13-12-8)9-4-3-5-14-9/h3-5H,2,6H2,1H3,(H,12,13). The van der Waals surface area contributed by atoms with E-state index < -0.39 is 0 Å². The molecule has 0 aliphatic carbocycles. The monoisotopic (exact) mass is 254 g/mol. The van der Waals surface area contributed by atoms with E-state index in [-0.39, 0.29) is 0 Å². The Hall–Kier alpha value is -1.03. The van der Waals surface area contributed by atoms with Crippen molar-refractivity contribution < 1.29 is 4.42 Å². The Morgan fingerprint density at radius 3 is 3.00 bits per heavy atom. The number of nitrogens with one attached hydrogen (secondary N) is 1. The molecule has 0 aliphatic rings. The second-order valence-electron chi connectivity index (χ2n) is 2.99. The van der Waals surface area contributed by atoms with E-state index in [1.807, 2.05) is 12.1 Å². The molecule has 14 heavy (non-hydrogen) atoms. The van der Waals surface area contributed by atoms with Crippen molar-refractivity contribution in [2.75, 3.05) is 0 Å². The molecule has 2 aromatic rings. The van der Waals surface area contributed by atoms with Gasteiger partial charge in [0.1, 0.15) is 5.69 Å². The van der Waals surface area contributed by atoms with Gasteiger partial charge in [0.05, 0.1) is 6.26 Å². The third-order valence-electron chi connectivity index (χ3n) is 2.19. The highest BCUT2D eigenvalue weighted by molar-refractivity contribution is 9.08. The molecule has 0 unspecified atom stereocenters. The van der Waals surface area contributed by atoms with Crippen molar-refractivity contribution in [3.05, 3.63) is 29.7 Å². The lowest BCUT2D eigenvalue weighted by Gasteiger charge is -1.97. The summed E-state index contributed by atoms with van der Waals surface area (Å²) in [7, 11) is 0. The fraction of sp³-hybridized carbons (Fsp3) is 0.300. The molecular formula is C10H11BrN2O. The topological polar surface area (TPSA) is 41.8 Å². The van der Waals surface area contributed by atoms with Gasteiger partial charge in [0.2, 0.25) is 0 Å². The van der Waals surface area contributed by atoms with Gasteiger partial charge < -0.3 is 4.42 Å². The van der Waals surface area contributed by atoms with Gasteiger partial charge in [0, 0.05) is 16.6 Å². The third kappa shape index (κ3) is 1.50. The van der Waals surface area contributed by atoms with Gasteiger partial charge in [-0.3, -0.25) is 5.10 Å². The van der Waals surface area contributed by atoms with Crippen LogP contribution in [-0.4, -0.2) is 10.2 Å². The van der Waals surface area contributed by atoms with Crippen molar-refractivity contribution in [1.82, 2.24) is 10.2 Å². The summed E-state index contributed by atoms with van der Waals surface area (Å²) in [6, 6.07) is 3.79. The van der Waals surface area contributed by atoms with Gasteiger partial charge in [-0.05, 0) is 18.6 Å². The Morgan fingerprint density at radius 2 is 2.43 bits per heavy atom. The van der Waals surface area contributed by atoms with Gasteiger partial charge in [0.15, 0.2) is 5.76 Å². The molecule has 0 aromatic carbocycles. The number of aryl methyl sites for hydroxylation is 1. The van der Waals surface area contributed by atoms with Crippen LogP contribution in [0.5, 0.6) is 0 Å². The van der Waals surface area contributed by atoms with Crippen molar-refractivity contribution in [3.8, 4) is 11.5 Å². The highest BCUT2D eigenvalue weighted by Crippen LogP contribution is 2.26. The number of halogens is 1. The van der Waals surface area contributed by atoms with E-state index in [1.165, 1.54) is 5.56 Å². The van der Waals surface area contributed by atoms with E-state index in [4.69, 9.17) is 4.42 Å². The second-order valence-corrected chi connectivity index (χ2v) is 3.55. The van der Waals surface area contributed by atoms with E-state index in [0.29, 0.717) is 0 Å². The molecule has 2 rings (SSSR count). The maximum absolute atomic E-state index is 5.32. The molecule has 0 atom stereocenters. The van der Waals surface area contributed by atoms with Crippen molar-refractivity contribution in [2.45, 2.75) is 18.7 Å². The molecular weight excluding hydrogens is 244 g/mol. The summed E-state index contributed by atoms with van der Waals surface area (Å²) in [5, 5.41) is 8.07. The predicted molar refractivity (Wildman–Crippen MR) is 58.3 cm³/mol. The van der Waals surface area contributed by atoms with Gasteiger partial charge in [-0.25, -0.2) is 0 Å². The van der Waals surface area contributed by atoms with Crippen LogP contribution in [0.4, 0.5) is 0 Å². The number of aromatic nitrogens is 2. The summed E-state index contributed by atoms with van der Waals surface area (Å²) in [5.41, 5.74) is 3.25. The fourth-order valence-corrected chi connectivity index (χ4v) is 2.06. The predicted octanol–water partition coefficient (Wildman–Crippen LogP) is 3.13. The first-order valence-corrected chi connectivity index (χ1v) is 5.65. The summed E-state index contributed by atoms with van der Waals surface area (Å²) in [6.07, 6.45) is 2.61. The molecule has 0 aliphatic heterocycles. The summed E-state index contributed by atoms with van der Waals surface area (Å²) in [4.78, 5) is 0. The quantitative estimate of drug-likeness (QED) is 0.856. The Morgan fingerprint density at radius 1 is 1.57 bits per heavy atom. The van der Waals surface area contributed by atoms with E-state index in [9.17, 15) is 0 Å². The maximum Gasteiger partial charge on any atom is 0.154 e. The first-order valence-electron chi connectivity index (χ1n) is 4.52. The first kappa shape index (κ1) is 9.52. The molecule has 0 amide bonds. The van der Waals surface area contributed by atoms with Gasteiger partial charge in [-0.1, -0.05) is 22.9 Å². The Labute approximate surface area is 90.6 Å². The molecule has 0 fully saturated rings. The second kappa shape index (κ2) is 4.00. The smallest absolute Gasteiger partial charge is 0.154 e. The zero-order valence-electron chi connectivity index (χ0n) is 7.88. The third-order valence-corrected chi connectivity index (χ3v) is 2.76. The molecule has 0 bridgehead atoms. The Bertz CT molecular complexity index is 406. The van der Waals surface area contributed by atoms with E-state index in [1.54, 1.807) is 6.26 Å². The number of alkyl halides is 1. The van der Waals surface area contributed by atoms with Crippen molar-refractivity contribution in [2.24, 2.45) is 0 Å². The van der Waals surface area contributed by atoms with Crippen LogP contribution in [0.25, 0.3) is 11.5 Å². The lowest BCUT2D eigenvalue weighted by molar-refractivity contribution is 0.579. The molecule has 2 aromatic heterocycles. The van der Waals surface area contributed by atoms with Crippen LogP contribution >= 0.6 is 15.9 Å². The average molecular weight is 255 g/mol. The van der Waals surface area contributed by atoms with Gasteiger partial charge in [0.25, 0.3) is 0 Å². The number of nitrogens with zero attached hydrogens (tertiary/aromatic N) is 1. The largest absolute Gasteiger partial charge is 0.463 e. The zero-order valence-corrected chi connectivity index (χ0v) is 9.47. The average Bonchev–Trinajstić information content (AvgIpc) is 2.85. The Kier molecular flexibility index (Phi) is 2.72. The Balaban J connectivity index is 2.48. The van der Waals surface area contributed by atoms with E-state index >= 15 is 0 Å². The summed E-state index contributed by atoms with van der Waals surface area (Å²) in [6.45, 7) is 2.10. The summed E-state index contributed by atoms with van der Waals surface area (Å²) < 4.78 is 5.32. The van der Waals surface area contributed by atoms with Crippen molar-refractivity contribution in [1.29, 1.82) is 0 Å². The highest BCUT2D eigenvalue weighted by atomic mass is 79.9. The van der Waals surface area contributed by atoms with Crippen LogP contribution in [0.15, 0.2) is 22.8 Å².